The molecule has 0 bridgehead atoms. The zero-order valence-corrected chi connectivity index (χ0v) is 17.2. The lowest BCUT2D eigenvalue weighted by atomic mass is 9.72. The summed E-state index contributed by atoms with van der Waals surface area (Å²) in [5.74, 6) is -5.05. The van der Waals surface area contributed by atoms with E-state index in [-0.39, 0.29) is 17.6 Å². The van der Waals surface area contributed by atoms with Crippen LogP contribution in [0.4, 0.5) is 0 Å². The SMILES string of the molecule is COC(=O)C1=C(C(=O)OC)C(OC)(OC)C(C#N)(C#N)C1C/C=C/c1ccccc1. The molecule has 0 N–H and O–H groups in total. The van der Waals surface area contributed by atoms with Crippen molar-refractivity contribution in [2.45, 2.75) is 12.2 Å². The van der Waals surface area contributed by atoms with Crippen LogP contribution in [0.1, 0.15) is 12.0 Å². The first-order valence-electron chi connectivity index (χ1n) is 8.98. The van der Waals surface area contributed by atoms with Gasteiger partial charge in [0.1, 0.15) is 5.57 Å². The van der Waals surface area contributed by atoms with E-state index < -0.39 is 29.1 Å². The molecule has 1 aromatic carbocycles. The summed E-state index contributed by atoms with van der Waals surface area (Å²) in [6.45, 7) is 0. The fourth-order valence-electron chi connectivity index (χ4n) is 3.83. The van der Waals surface area contributed by atoms with Crippen molar-refractivity contribution in [2.75, 3.05) is 28.4 Å². The maximum Gasteiger partial charge on any atom is 0.339 e. The molecule has 1 aliphatic carbocycles. The minimum absolute atomic E-state index is 0.0649. The van der Waals surface area contributed by atoms with Gasteiger partial charge in [0, 0.05) is 20.1 Å². The van der Waals surface area contributed by atoms with Gasteiger partial charge in [0.25, 0.3) is 0 Å². The Morgan fingerprint density at radius 3 is 2.03 bits per heavy atom. The summed E-state index contributed by atoms with van der Waals surface area (Å²) in [5, 5.41) is 20.1. The van der Waals surface area contributed by atoms with Gasteiger partial charge in [0.2, 0.25) is 11.2 Å². The largest absolute Gasteiger partial charge is 0.466 e. The molecule has 1 unspecified atom stereocenters. The number of hydrogen-bond donors (Lipinski definition) is 0. The van der Waals surface area contributed by atoms with Crippen molar-refractivity contribution < 1.29 is 28.5 Å². The normalized spacial score (nSPS) is 19.2. The minimum atomic E-state index is -2.14. The lowest BCUT2D eigenvalue weighted by Crippen LogP contribution is -2.52. The summed E-state index contributed by atoms with van der Waals surface area (Å²) in [6.07, 6.45) is 3.56. The molecular formula is C22H22N2O6. The van der Waals surface area contributed by atoms with Gasteiger partial charge in [-0.15, -0.1) is 0 Å². The third kappa shape index (κ3) is 3.37. The standard InChI is InChI=1S/C22H22N2O6/c1-27-19(25)17-16(12-8-11-15-9-6-5-7-10-15)21(13-23,14-24)22(29-3,30-4)18(17)20(26)28-2/h5-11,16H,12H2,1-4H3/b11-8+. The molecule has 0 amide bonds. The highest BCUT2D eigenvalue weighted by molar-refractivity contribution is 6.04. The maximum absolute atomic E-state index is 12.7. The number of hydrogen-bond acceptors (Lipinski definition) is 8. The predicted octanol–water partition coefficient (Wildman–Crippen LogP) is 2.38. The Hall–Kier alpha value is -3.46. The Bertz CT molecular complexity index is 934. The van der Waals surface area contributed by atoms with Crippen molar-refractivity contribution in [1.29, 1.82) is 10.5 Å². The number of allylic oxidation sites excluding steroid dienone is 1. The highest BCUT2D eigenvalue weighted by Gasteiger charge is 2.70. The molecule has 0 aliphatic heterocycles. The summed E-state index contributed by atoms with van der Waals surface area (Å²) >= 11 is 0. The van der Waals surface area contributed by atoms with Crippen LogP contribution in [0.25, 0.3) is 6.08 Å². The molecule has 0 heterocycles. The van der Waals surface area contributed by atoms with Crippen LogP contribution in [0, 0.1) is 34.0 Å². The topological polar surface area (TPSA) is 119 Å². The van der Waals surface area contributed by atoms with Crippen LogP contribution in [-0.4, -0.2) is 46.2 Å². The Kier molecular flexibility index (Phi) is 7.12. The van der Waals surface area contributed by atoms with E-state index in [1.807, 2.05) is 42.5 Å². The second-order valence-corrected chi connectivity index (χ2v) is 6.43. The van der Waals surface area contributed by atoms with E-state index in [9.17, 15) is 20.1 Å². The monoisotopic (exact) mass is 410 g/mol. The highest BCUT2D eigenvalue weighted by Crippen LogP contribution is 2.57. The van der Waals surface area contributed by atoms with E-state index in [4.69, 9.17) is 18.9 Å². The Labute approximate surface area is 174 Å². The summed E-state index contributed by atoms with van der Waals surface area (Å²) in [7, 11) is 4.63. The molecular weight excluding hydrogens is 388 g/mol. The third-order valence-corrected chi connectivity index (χ3v) is 5.19. The smallest absolute Gasteiger partial charge is 0.339 e. The van der Waals surface area contributed by atoms with E-state index in [2.05, 4.69) is 0 Å². The zero-order valence-electron chi connectivity index (χ0n) is 17.2. The zero-order chi connectivity index (χ0) is 22.4. The Morgan fingerprint density at radius 2 is 1.57 bits per heavy atom. The van der Waals surface area contributed by atoms with Crippen molar-refractivity contribution >= 4 is 18.0 Å². The summed E-state index contributed by atoms with van der Waals surface area (Å²) in [5.41, 5.74) is -1.71. The molecule has 156 valence electrons. The van der Waals surface area contributed by atoms with Gasteiger partial charge < -0.3 is 18.9 Å². The van der Waals surface area contributed by atoms with Crippen LogP contribution < -0.4 is 0 Å². The number of nitriles is 2. The van der Waals surface area contributed by atoms with Gasteiger partial charge >= 0.3 is 11.9 Å². The molecule has 1 aromatic rings. The van der Waals surface area contributed by atoms with Gasteiger partial charge in [-0.1, -0.05) is 42.5 Å². The molecule has 0 spiro atoms. The number of carbonyl (C=O) groups excluding carboxylic acids is 2. The van der Waals surface area contributed by atoms with Gasteiger partial charge in [-0.25, -0.2) is 9.59 Å². The van der Waals surface area contributed by atoms with Crippen molar-refractivity contribution in [3.05, 3.63) is 53.1 Å². The molecule has 0 saturated heterocycles. The van der Waals surface area contributed by atoms with Crippen molar-refractivity contribution in [1.82, 2.24) is 0 Å². The van der Waals surface area contributed by atoms with Crippen LogP contribution >= 0.6 is 0 Å². The number of carbonyl (C=O) groups is 2. The minimum Gasteiger partial charge on any atom is -0.466 e. The highest BCUT2D eigenvalue weighted by atomic mass is 16.7. The maximum atomic E-state index is 12.7. The van der Waals surface area contributed by atoms with E-state index in [1.165, 1.54) is 14.2 Å². The van der Waals surface area contributed by atoms with Crippen molar-refractivity contribution in [3.63, 3.8) is 0 Å². The first-order valence-corrected chi connectivity index (χ1v) is 8.98. The van der Waals surface area contributed by atoms with Gasteiger partial charge in [-0.2, -0.15) is 10.5 Å². The Balaban J connectivity index is 2.73. The van der Waals surface area contributed by atoms with Crippen LogP contribution in [-0.2, 0) is 28.5 Å². The third-order valence-electron chi connectivity index (χ3n) is 5.19. The lowest BCUT2D eigenvalue weighted by molar-refractivity contribution is -0.222. The van der Waals surface area contributed by atoms with Crippen molar-refractivity contribution in [2.24, 2.45) is 11.3 Å². The fraction of sp³-hybridized carbons (Fsp3) is 0.364. The molecule has 0 fully saturated rings. The molecule has 2 rings (SSSR count). The van der Waals surface area contributed by atoms with E-state index in [1.54, 1.807) is 12.2 Å². The number of esters is 2. The molecule has 30 heavy (non-hydrogen) atoms. The van der Waals surface area contributed by atoms with E-state index in [0.29, 0.717) is 0 Å². The van der Waals surface area contributed by atoms with Gasteiger partial charge in [0.15, 0.2) is 0 Å². The van der Waals surface area contributed by atoms with Gasteiger partial charge in [-0.05, 0) is 12.0 Å². The summed E-state index contributed by atoms with van der Waals surface area (Å²) in [6, 6.07) is 13.2. The first-order chi connectivity index (χ1) is 14.4. The fourth-order valence-corrected chi connectivity index (χ4v) is 3.83. The van der Waals surface area contributed by atoms with E-state index >= 15 is 0 Å². The second-order valence-electron chi connectivity index (χ2n) is 6.43. The van der Waals surface area contributed by atoms with Crippen LogP contribution in [0.5, 0.6) is 0 Å². The molecule has 0 radical (unpaired) electrons. The predicted molar refractivity (Wildman–Crippen MR) is 105 cm³/mol. The molecule has 8 heteroatoms. The second kappa shape index (κ2) is 9.36. The Morgan fingerprint density at radius 1 is 1.00 bits per heavy atom. The molecule has 0 aromatic heterocycles. The number of rotatable bonds is 7. The van der Waals surface area contributed by atoms with Crippen LogP contribution in [0.2, 0.25) is 0 Å². The summed E-state index contributed by atoms with van der Waals surface area (Å²) < 4.78 is 20.6. The number of benzene rings is 1. The van der Waals surface area contributed by atoms with E-state index in [0.717, 1.165) is 19.8 Å². The number of nitrogens with zero attached hydrogens (tertiary/aromatic N) is 2. The molecule has 8 nitrogen and oxygen atoms in total. The van der Waals surface area contributed by atoms with Gasteiger partial charge in [0.05, 0.1) is 31.9 Å². The number of methoxy groups -OCH3 is 4. The van der Waals surface area contributed by atoms with Gasteiger partial charge in [-0.3, -0.25) is 0 Å². The quantitative estimate of drug-likeness (QED) is 0.496. The van der Waals surface area contributed by atoms with Crippen LogP contribution in [0.15, 0.2) is 47.6 Å². The lowest BCUT2D eigenvalue weighted by Gasteiger charge is -2.37. The number of ether oxygens (including phenoxy) is 4. The van der Waals surface area contributed by atoms with Crippen LogP contribution in [0.3, 0.4) is 0 Å². The average molecular weight is 410 g/mol. The van der Waals surface area contributed by atoms with Crippen molar-refractivity contribution in [3.8, 4) is 12.1 Å². The first kappa shape index (κ1) is 22.8. The molecule has 1 aliphatic rings. The molecule has 1 atom stereocenters. The summed E-state index contributed by atoms with van der Waals surface area (Å²) in [4.78, 5) is 25.3. The average Bonchev–Trinajstić information content (AvgIpc) is 3.05. The molecule has 0 saturated carbocycles.